The second-order valence-corrected chi connectivity index (χ2v) is 6.58. The Morgan fingerprint density at radius 3 is 2.55 bits per heavy atom. The third-order valence-corrected chi connectivity index (χ3v) is 4.44. The van der Waals surface area contributed by atoms with Gasteiger partial charge in [-0.25, -0.2) is 4.79 Å². The number of carbonyl (C=O) groups excluding carboxylic acids is 1. The summed E-state index contributed by atoms with van der Waals surface area (Å²) in [6, 6.07) is 0.455. The fourth-order valence-electron chi connectivity index (χ4n) is 2.93. The molecule has 4 nitrogen and oxygen atoms in total. The maximum atomic E-state index is 12.2. The summed E-state index contributed by atoms with van der Waals surface area (Å²) in [6.07, 6.45) is 7.47. The first kappa shape index (κ1) is 15.8. The highest BCUT2D eigenvalue weighted by Gasteiger charge is 2.41. The van der Waals surface area contributed by atoms with E-state index in [9.17, 15) is 4.79 Å². The highest BCUT2D eigenvalue weighted by molar-refractivity contribution is 5.80. The molecule has 0 heterocycles. The van der Waals surface area contributed by atoms with Crippen LogP contribution < -0.4 is 5.32 Å². The van der Waals surface area contributed by atoms with Gasteiger partial charge in [-0.05, 0) is 45.4 Å². The van der Waals surface area contributed by atoms with Crippen molar-refractivity contribution in [2.45, 2.75) is 77.0 Å². The van der Waals surface area contributed by atoms with Crippen molar-refractivity contribution in [3.05, 3.63) is 0 Å². The normalized spacial score (nSPS) is 29.8. The molecular weight excluding hydrogens is 254 g/mol. The lowest BCUT2D eigenvalue weighted by molar-refractivity contribution is -0.155. The van der Waals surface area contributed by atoms with Crippen molar-refractivity contribution in [3.8, 4) is 0 Å². The number of carbonyl (C=O) groups is 1. The van der Waals surface area contributed by atoms with E-state index < -0.39 is 5.54 Å². The molecule has 3 atom stereocenters. The molecule has 3 unspecified atom stereocenters. The van der Waals surface area contributed by atoms with Crippen LogP contribution >= 0.6 is 0 Å². The van der Waals surface area contributed by atoms with Crippen LogP contribution in [0.15, 0.2) is 0 Å². The van der Waals surface area contributed by atoms with Crippen LogP contribution in [0.1, 0.15) is 59.3 Å². The topological polar surface area (TPSA) is 47.6 Å². The van der Waals surface area contributed by atoms with Gasteiger partial charge in [-0.15, -0.1) is 0 Å². The van der Waals surface area contributed by atoms with Gasteiger partial charge in [0.2, 0.25) is 0 Å². The second-order valence-electron chi connectivity index (χ2n) is 6.58. The number of ether oxygens (including phenoxy) is 2. The van der Waals surface area contributed by atoms with E-state index in [2.05, 4.69) is 12.2 Å². The summed E-state index contributed by atoms with van der Waals surface area (Å²) in [4.78, 5) is 12.2. The quantitative estimate of drug-likeness (QED) is 0.730. The van der Waals surface area contributed by atoms with Crippen LogP contribution in [0.4, 0.5) is 0 Å². The molecule has 0 saturated heterocycles. The number of nitrogens with one attached hydrogen (secondary N) is 1. The van der Waals surface area contributed by atoms with Crippen molar-refractivity contribution in [1.82, 2.24) is 5.32 Å². The maximum absolute atomic E-state index is 12.2. The summed E-state index contributed by atoms with van der Waals surface area (Å²) in [5.41, 5.74) is -0.700. The number of hydrogen-bond acceptors (Lipinski definition) is 4. The molecule has 4 heteroatoms. The SMILES string of the molecule is CCOC(=O)C(C)(COC1CCCCC1C)NC1CC1. The molecule has 1 N–H and O–H groups in total. The Labute approximate surface area is 122 Å². The fraction of sp³-hybridized carbons (Fsp3) is 0.938. The lowest BCUT2D eigenvalue weighted by Gasteiger charge is -2.34. The number of rotatable bonds is 7. The van der Waals surface area contributed by atoms with Gasteiger partial charge < -0.3 is 9.47 Å². The van der Waals surface area contributed by atoms with Crippen LogP contribution in [0.3, 0.4) is 0 Å². The molecule has 2 aliphatic carbocycles. The Morgan fingerprint density at radius 2 is 1.95 bits per heavy atom. The Balaban J connectivity index is 1.90. The standard InChI is InChI=1S/C16H29NO3/c1-4-19-15(18)16(3,17-13-9-10-13)11-20-14-8-6-5-7-12(14)2/h12-14,17H,4-11H2,1-3H3. The van der Waals surface area contributed by atoms with Crippen molar-refractivity contribution in [2.75, 3.05) is 13.2 Å². The summed E-state index contributed by atoms with van der Waals surface area (Å²) in [5, 5.41) is 3.41. The Morgan fingerprint density at radius 1 is 1.25 bits per heavy atom. The summed E-state index contributed by atoms with van der Waals surface area (Å²) >= 11 is 0. The highest BCUT2D eigenvalue weighted by Crippen LogP contribution is 2.28. The van der Waals surface area contributed by atoms with Crippen LogP contribution in [-0.2, 0) is 14.3 Å². The third-order valence-electron chi connectivity index (χ3n) is 4.44. The first-order valence-corrected chi connectivity index (χ1v) is 8.11. The van der Waals surface area contributed by atoms with Gasteiger partial charge in [0, 0.05) is 6.04 Å². The molecule has 0 bridgehead atoms. The predicted molar refractivity (Wildman–Crippen MR) is 78.6 cm³/mol. The van der Waals surface area contributed by atoms with E-state index in [0.29, 0.717) is 31.3 Å². The van der Waals surface area contributed by atoms with Crippen molar-refractivity contribution in [1.29, 1.82) is 0 Å². The molecule has 0 aliphatic heterocycles. The Kier molecular flexibility index (Phi) is 5.44. The molecule has 0 amide bonds. The summed E-state index contributed by atoms with van der Waals surface area (Å²) in [5.74, 6) is 0.409. The van der Waals surface area contributed by atoms with Gasteiger partial charge in [-0.2, -0.15) is 0 Å². The Bertz CT molecular complexity index is 330. The van der Waals surface area contributed by atoms with E-state index in [4.69, 9.17) is 9.47 Å². The molecule has 0 aromatic heterocycles. The van der Waals surface area contributed by atoms with Gasteiger partial charge in [-0.1, -0.05) is 19.8 Å². The molecule has 0 aromatic rings. The minimum atomic E-state index is -0.700. The first-order chi connectivity index (χ1) is 9.55. The maximum Gasteiger partial charge on any atom is 0.328 e. The number of esters is 1. The van der Waals surface area contributed by atoms with Gasteiger partial charge in [0.25, 0.3) is 0 Å². The van der Waals surface area contributed by atoms with Crippen LogP contribution in [0, 0.1) is 5.92 Å². The van der Waals surface area contributed by atoms with Gasteiger partial charge in [-0.3, -0.25) is 5.32 Å². The van der Waals surface area contributed by atoms with E-state index >= 15 is 0 Å². The lowest BCUT2D eigenvalue weighted by atomic mass is 9.88. The summed E-state index contributed by atoms with van der Waals surface area (Å²) < 4.78 is 11.3. The zero-order valence-corrected chi connectivity index (χ0v) is 13.1. The van der Waals surface area contributed by atoms with E-state index in [1.165, 1.54) is 19.3 Å². The largest absolute Gasteiger partial charge is 0.465 e. The fourth-order valence-corrected chi connectivity index (χ4v) is 2.93. The van der Waals surface area contributed by atoms with Crippen molar-refractivity contribution >= 4 is 5.97 Å². The molecule has 2 rings (SSSR count). The van der Waals surface area contributed by atoms with Gasteiger partial charge in [0.1, 0.15) is 5.54 Å². The zero-order chi connectivity index (χ0) is 14.6. The van der Waals surface area contributed by atoms with Crippen LogP contribution in [0.2, 0.25) is 0 Å². The molecule has 20 heavy (non-hydrogen) atoms. The van der Waals surface area contributed by atoms with Crippen LogP contribution in [-0.4, -0.2) is 36.9 Å². The van der Waals surface area contributed by atoms with Crippen molar-refractivity contribution in [2.24, 2.45) is 5.92 Å². The zero-order valence-electron chi connectivity index (χ0n) is 13.1. The van der Waals surface area contributed by atoms with Crippen molar-refractivity contribution in [3.63, 3.8) is 0 Å². The van der Waals surface area contributed by atoms with E-state index in [0.717, 1.165) is 19.3 Å². The number of hydrogen-bond donors (Lipinski definition) is 1. The molecule has 0 spiro atoms. The van der Waals surface area contributed by atoms with E-state index in [1.54, 1.807) is 0 Å². The molecule has 2 aliphatic rings. The molecule has 0 radical (unpaired) electrons. The van der Waals surface area contributed by atoms with Gasteiger partial charge >= 0.3 is 5.97 Å². The predicted octanol–water partition coefficient (Wildman–Crippen LogP) is 2.66. The lowest BCUT2D eigenvalue weighted by Crippen LogP contribution is -2.55. The third kappa shape index (κ3) is 4.19. The minimum Gasteiger partial charge on any atom is -0.465 e. The average Bonchev–Trinajstić information content (AvgIpc) is 3.22. The van der Waals surface area contributed by atoms with Crippen molar-refractivity contribution < 1.29 is 14.3 Å². The molecule has 116 valence electrons. The van der Waals surface area contributed by atoms with E-state index in [-0.39, 0.29) is 5.97 Å². The molecule has 2 saturated carbocycles. The molecule has 0 aromatic carbocycles. The van der Waals surface area contributed by atoms with Gasteiger partial charge in [0.15, 0.2) is 0 Å². The smallest absolute Gasteiger partial charge is 0.328 e. The van der Waals surface area contributed by atoms with Crippen LogP contribution in [0.5, 0.6) is 0 Å². The van der Waals surface area contributed by atoms with E-state index in [1.807, 2.05) is 13.8 Å². The summed E-state index contributed by atoms with van der Waals surface area (Å²) in [6.45, 7) is 6.84. The first-order valence-electron chi connectivity index (χ1n) is 8.11. The average molecular weight is 283 g/mol. The minimum absolute atomic E-state index is 0.185. The molecule has 2 fully saturated rings. The van der Waals surface area contributed by atoms with Crippen LogP contribution in [0.25, 0.3) is 0 Å². The highest BCUT2D eigenvalue weighted by atomic mass is 16.5. The Hall–Kier alpha value is -0.610. The second kappa shape index (κ2) is 6.90. The monoisotopic (exact) mass is 283 g/mol. The molecular formula is C16H29NO3. The van der Waals surface area contributed by atoms with Gasteiger partial charge in [0.05, 0.1) is 19.3 Å². The summed E-state index contributed by atoms with van der Waals surface area (Å²) in [7, 11) is 0.